The van der Waals surface area contributed by atoms with Gasteiger partial charge in [-0.3, -0.25) is 9.78 Å². The first kappa shape index (κ1) is 10.7. The first-order valence-corrected chi connectivity index (χ1v) is 4.44. The van der Waals surface area contributed by atoms with Crippen LogP contribution in [-0.2, 0) is 9.53 Å². The minimum atomic E-state index is -0.0579. The van der Waals surface area contributed by atoms with Crippen LogP contribution in [0.5, 0.6) is 0 Å². The lowest BCUT2D eigenvalue weighted by Crippen LogP contribution is -2.13. The Labute approximate surface area is 83.3 Å². The highest BCUT2D eigenvalue weighted by molar-refractivity contribution is 5.90. The van der Waals surface area contributed by atoms with Gasteiger partial charge in [-0.05, 0) is 19.1 Å². The summed E-state index contributed by atoms with van der Waals surface area (Å²) in [6.45, 7) is 2.33. The number of methoxy groups -OCH3 is 1. The molecule has 0 radical (unpaired) electrons. The van der Waals surface area contributed by atoms with Gasteiger partial charge in [-0.15, -0.1) is 0 Å². The number of aryl methyl sites for hydroxylation is 1. The zero-order valence-corrected chi connectivity index (χ0v) is 8.41. The van der Waals surface area contributed by atoms with Crippen molar-refractivity contribution in [3.05, 3.63) is 24.0 Å². The summed E-state index contributed by atoms with van der Waals surface area (Å²) in [5, 5.41) is 2.72. The van der Waals surface area contributed by atoms with E-state index in [2.05, 4.69) is 10.3 Å². The molecule has 4 heteroatoms. The Morgan fingerprint density at radius 2 is 2.36 bits per heavy atom. The summed E-state index contributed by atoms with van der Waals surface area (Å²) >= 11 is 0. The highest BCUT2D eigenvalue weighted by Crippen LogP contribution is 2.05. The summed E-state index contributed by atoms with van der Waals surface area (Å²) in [5.74, 6) is -0.0579. The summed E-state index contributed by atoms with van der Waals surface area (Å²) in [6, 6.07) is 3.68. The number of hydrogen-bond donors (Lipinski definition) is 1. The highest BCUT2D eigenvalue weighted by Gasteiger charge is 2.01. The van der Waals surface area contributed by atoms with Gasteiger partial charge in [-0.1, -0.05) is 0 Å². The van der Waals surface area contributed by atoms with Crippen LogP contribution in [-0.4, -0.2) is 24.6 Å². The standard InChI is InChI=1S/C10H14N2O2/c1-8-3-4-9(7-11-8)12-10(13)5-6-14-2/h3-4,7H,5-6H2,1-2H3,(H,12,13). The zero-order valence-electron chi connectivity index (χ0n) is 8.41. The van der Waals surface area contributed by atoms with Crippen LogP contribution >= 0.6 is 0 Å². The second-order valence-electron chi connectivity index (χ2n) is 2.98. The lowest BCUT2D eigenvalue weighted by molar-refractivity contribution is -0.117. The van der Waals surface area contributed by atoms with Crippen molar-refractivity contribution in [3.63, 3.8) is 0 Å². The molecule has 4 nitrogen and oxygen atoms in total. The Morgan fingerprint density at radius 1 is 1.57 bits per heavy atom. The van der Waals surface area contributed by atoms with Gasteiger partial charge in [0.15, 0.2) is 0 Å². The van der Waals surface area contributed by atoms with Gasteiger partial charge in [0.25, 0.3) is 0 Å². The van der Waals surface area contributed by atoms with Crippen molar-refractivity contribution in [2.45, 2.75) is 13.3 Å². The molecule has 0 aliphatic rings. The molecule has 0 atom stereocenters. The third-order valence-electron chi connectivity index (χ3n) is 1.73. The normalized spacial score (nSPS) is 9.86. The van der Waals surface area contributed by atoms with E-state index in [9.17, 15) is 4.79 Å². The predicted octanol–water partition coefficient (Wildman–Crippen LogP) is 1.37. The van der Waals surface area contributed by atoms with E-state index in [4.69, 9.17) is 4.74 Å². The maximum Gasteiger partial charge on any atom is 0.226 e. The SMILES string of the molecule is COCCC(=O)Nc1ccc(C)nc1. The van der Waals surface area contributed by atoms with Gasteiger partial charge in [0.1, 0.15) is 0 Å². The van der Waals surface area contributed by atoms with Crippen LogP contribution < -0.4 is 5.32 Å². The number of anilines is 1. The summed E-state index contributed by atoms with van der Waals surface area (Å²) in [4.78, 5) is 15.3. The molecule has 0 aromatic carbocycles. The third-order valence-corrected chi connectivity index (χ3v) is 1.73. The molecule has 1 N–H and O–H groups in total. The smallest absolute Gasteiger partial charge is 0.226 e. The van der Waals surface area contributed by atoms with E-state index >= 15 is 0 Å². The molecule has 0 fully saturated rings. The van der Waals surface area contributed by atoms with Gasteiger partial charge in [0.05, 0.1) is 24.9 Å². The van der Waals surface area contributed by atoms with Crippen molar-refractivity contribution in [1.82, 2.24) is 4.98 Å². The molecule has 1 aromatic rings. The van der Waals surface area contributed by atoms with Gasteiger partial charge < -0.3 is 10.1 Å². The van der Waals surface area contributed by atoms with E-state index in [1.807, 2.05) is 19.1 Å². The average Bonchev–Trinajstić information content (AvgIpc) is 2.18. The second-order valence-corrected chi connectivity index (χ2v) is 2.98. The molecule has 0 unspecified atom stereocenters. The third kappa shape index (κ3) is 3.53. The van der Waals surface area contributed by atoms with Crippen molar-refractivity contribution >= 4 is 11.6 Å². The van der Waals surface area contributed by atoms with Crippen LogP contribution in [0.15, 0.2) is 18.3 Å². The molecule has 1 amide bonds. The predicted molar refractivity (Wildman–Crippen MR) is 54.1 cm³/mol. The number of nitrogens with one attached hydrogen (secondary N) is 1. The van der Waals surface area contributed by atoms with E-state index in [0.29, 0.717) is 13.0 Å². The van der Waals surface area contributed by atoms with Gasteiger partial charge in [0.2, 0.25) is 5.91 Å². The Hall–Kier alpha value is -1.42. The number of aromatic nitrogens is 1. The van der Waals surface area contributed by atoms with E-state index in [-0.39, 0.29) is 5.91 Å². The summed E-state index contributed by atoms with van der Waals surface area (Å²) in [5.41, 5.74) is 1.65. The minimum absolute atomic E-state index is 0.0579. The Kier molecular flexibility index (Phi) is 4.07. The molecular formula is C10H14N2O2. The van der Waals surface area contributed by atoms with Crippen molar-refractivity contribution in [3.8, 4) is 0 Å². The van der Waals surface area contributed by atoms with E-state index in [0.717, 1.165) is 11.4 Å². The Morgan fingerprint density at radius 3 is 2.93 bits per heavy atom. The number of nitrogens with zero attached hydrogens (tertiary/aromatic N) is 1. The number of rotatable bonds is 4. The maximum absolute atomic E-state index is 11.2. The molecule has 0 aliphatic carbocycles. The first-order chi connectivity index (χ1) is 6.72. The van der Waals surface area contributed by atoms with Crippen molar-refractivity contribution in [2.24, 2.45) is 0 Å². The molecule has 1 aromatic heterocycles. The lowest BCUT2D eigenvalue weighted by atomic mass is 10.3. The fourth-order valence-electron chi connectivity index (χ4n) is 0.960. The number of carbonyl (C=O) groups excluding carboxylic acids is 1. The van der Waals surface area contributed by atoms with E-state index in [1.54, 1.807) is 13.3 Å². The molecule has 0 spiro atoms. The van der Waals surface area contributed by atoms with Crippen LogP contribution in [0, 0.1) is 6.92 Å². The largest absolute Gasteiger partial charge is 0.384 e. The molecule has 0 saturated carbocycles. The summed E-state index contributed by atoms with van der Waals surface area (Å²) in [7, 11) is 1.57. The highest BCUT2D eigenvalue weighted by atomic mass is 16.5. The van der Waals surface area contributed by atoms with Crippen LogP contribution in [0.1, 0.15) is 12.1 Å². The Balaban J connectivity index is 2.44. The Bertz CT molecular complexity index is 295. The number of ether oxygens (including phenoxy) is 1. The van der Waals surface area contributed by atoms with Crippen molar-refractivity contribution in [1.29, 1.82) is 0 Å². The monoisotopic (exact) mass is 194 g/mol. The molecule has 0 saturated heterocycles. The maximum atomic E-state index is 11.2. The number of pyridine rings is 1. The lowest BCUT2D eigenvalue weighted by Gasteiger charge is -2.03. The first-order valence-electron chi connectivity index (χ1n) is 4.44. The quantitative estimate of drug-likeness (QED) is 0.787. The second kappa shape index (κ2) is 5.34. The average molecular weight is 194 g/mol. The van der Waals surface area contributed by atoms with E-state index < -0.39 is 0 Å². The zero-order chi connectivity index (χ0) is 10.4. The van der Waals surface area contributed by atoms with Gasteiger partial charge in [0, 0.05) is 12.8 Å². The van der Waals surface area contributed by atoms with Crippen LogP contribution in [0.4, 0.5) is 5.69 Å². The van der Waals surface area contributed by atoms with Crippen LogP contribution in [0.25, 0.3) is 0 Å². The molecule has 76 valence electrons. The molecule has 1 rings (SSSR count). The van der Waals surface area contributed by atoms with E-state index in [1.165, 1.54) is 0 Å². The van der Waals surface area contributed by atoms with Crippen molar-refractivity contribution < 1.29 is 9.53 Å². The minimum Gasteiger partial charge on any atom is -0.384 e. The summed E-state index contributed by atoms with van der Waals surface area (Å²) in [6.07, 6.45) is 2.00. The van der Waals surface area contributed by atoms with Crippen LogP contribution in [0.3, 0.4) is 0 Å². The summed E-state index contributed by atoms with van der Waals surface area (Å²) < 4.78 is 4.79. The molecule has 1 heterocycles. The molecular weight excluding hydrogens is 180 g/mol. The van der Waals surface area contributed by atoms with Gasteiger partial charge in [-0.2, -0.15) is 0 Å². The van der Waals surface area contributed by atoms with Gasteiger partial charge >= 0.3 is 0 Å². The number of hydrogen-bond acceptors (Lipinski definition) is 3. The molecule has 14 heavy (non-hydrogen) atoms. The fourth-order valence-corrected chi connectivity index (χ4v) is 0.960. The van der Waals surface area contributed by atoms with Crippen LogP contribution in [0.2, 0.25) is 0 Å². The fraction of sp³-hybridized carbons (Fsp3) is 0.400. The van der Waals surface area contributed by atoms with Crippen molar-refractivity contribution in [2.75, 3.05) is 19.0 Å². The van der Waals surface area contributed by atoms with Gasteiger partial charge in [-0.25, -0.2) is 0 Å². The topological polar surface area (TPSA) is 51.2 Å². The molecule has 0 bridgehead atoms. The molecule has 0 aliphatic heterocycles. The number of amides is 1. The number of carbonyl (C=O) groups is 1.